The maximum absolute atomic E-state index is 10.9. The standard InChI is InChI=1S/C10H20N2O/c1-3-8-4-5-10(6-8,12-2)7-9(11)13/h8,12H,3-7H2,1-2H3,(H2,11,13). The Kier molecular flexibility index (Phi) is 3.31. The molecule has 2 atom stereocenters. The normalized spacial score (nSPS) is 33.5. The van der Waals surface area contributed by atoms with E-state index in [-0.39, 0.29) is 11.4 Å². The van der Waals surface area contributed by atoms with Crippen LogP contribution in [0.3, 0.4) is 0 Å². The minimum absolute atomic E-state index is 0.00646. The fourth-order valence-corrected chi connectivity index (χ4v) is 2.40. The van der Waals surface area contributed by atoms with Crippen molar-refractivity contribution < 1.29 is 4.79 Å². The molecule has 0 aromatic heterocycles. The van der Waals surface area contributed by atoms with Gasteiger partial charge in [-0.2, -0.15) is 0 Å². The lowest BCUT2D eigenvalue weighted by molar-refractivity contribution is -0.119. The van der Waals surface area contributed by atoms with E-state index in [0.29, 0.717) is 6.42 Å². The molecule has 0 bridgehead atoms. The van der Waals surface area contributed by atoms with E-state index in [4.69, 9.17) is 5.73 Å². The minimum Gasteiger partial charge on any atom is -0.370 e. The number of nitrogens with two attached hydrogens (primary N) is 1. The molecular formula is C10H20N2O. The van der Waals surface area contributed by atoms with Crippen molar-refractivity contribution in [1.82, 2.24) is 5.32 Å². The summed E-state index contributed by atoms with van der Waals surface area (Å²) in [5, 5.41) is 3.27. The summed E-state index contributed by atoms with van der Waals surface area (Å²) in [6.45, 7) is 2.21. The van der Waals surface area contributed by atoms with Crippen molar-refractivity contribution in [3.05, 3.63) is 0 Å². The van der Waals surface area contributed by atoms with Crippen LogP contribution < -0.4 is 11.1 Å². The van der Waals surface area contributed by atoms with Gasteiger partial charge in [0.25, 0.3) is 0 Å². The molecule has 0 spiro atoms. The van der Waals surface area contributed by atoms with Crippen molar-refractivity contribution in [2.24, 2.45) is 11.7 Å². The average Bonchev–Trinajstić information content (AvgIpc) is 2.48. The van der Waals surface area contributed by atoms with Crippen LogP contribution >= 0.6 is 0 Å². The van der Waals surface area contributed by atoms with Crippen LogP contribution in [0.1, 0.15) is 39.0 Å². The Bertz CT molecular complexity index is 193. The third-order valence-corrected chi connectivity index (χ3v) is 3.33. The Morgan fingerprint density at radius 2 is 2.38 bits per heavy atom. The molecule has 3 N–H and O–H groups in total. The molecule has 1 amide bonds. The van der Waals surface area contributed by atoms with E-state index in [1.165, 1.54) is 12.8 Å². The zero-order valence-corrected chi connectivity index (χ0v) is 8.60. The Morgan fingerprint density at radius 3 is 2.77 bits per heavy atom. The van der Waals surface area contributed by atoms with Crippen LogP contribution in [0.25, 0.3) is 0 Å². The van der Waals surface area contributed by atoms with Crippen LogP contribution in [0, 0.1) is 5.92 Å². The van der Waals surface area contributed by atoms with Gasteiger partial charge in [-0.15, -0.1) is 0 Å². The van der Waals surface area contributed by atoms with Gasteiger partial charge in [-0.25, -0.2) is 0 Å². The number of nitrogens with one attached hydrogen (secondary N) is 1. The second-order valence-corrected chi connectivity index (χ2v) is 4.19. The lowest BCUT2D eigenvalue weighted by atomic mass is 9.91. The van der Waals surface area contributed by atoms with Crippen molar-refractivity contribution in [2.75, 3.05) is 7.05 Å². The first-order chi connectivity index (χ1) is 6.12. The number of hydrogen-bond donors (Lipinski definition) is 2. The first kappa shape index (κ1) is 10.5. The third-order valence-electron chi connectivity index (χ3n) is 3.33. The third kappa shape index (κ3) is 2.44. The summed E-state index contributed by atoms with van der Waals surface area (Å²) in [5.74, 6) is 0.581. The number of carbonyl (C=O) groups excluding carboxylic acids is 1. The Labute approximate surface area is 80.1 Å². The largest absolute Gasteiger partial charge is 0.370 e. The van der Waals surface area contributed by atoms with E-state index < -0.39 is 0 Å². The van der Waals surface area contributed by atoms with Gasteiger partial charge in [-0.3, -0.25) is 4.79 Å². The SMILES string of the molecule is CCC1CCC(CC(N)=O)(NC)C1. The second kappa shape index (κ2) is 4.09. The molecule has 1 aliphatic rings. The van der Waals surface area contributed by atoms with Gasteiger partial charge < -0.3 is 11.1 Å². The molecule has 0 heterocycles. The fraction of sp³-hybridized carbons (Fsp3) is 0.900. The molecule has 0 aliphatic heterocycles. The predicted molar refractivity (Wildman–Crippen MR) is 53.2 cm³/mol. The highest BCUT2D eigenvalue weighted by Crippen LogP contribution is 2.38. The highest BCUT2D eigenvalue weighted by molar-refractivity contribution is 5.75. The smallest absolute Gasteiger partial charge is 0.219 e. The fourth-order valence-electron chi connectivity index (χ4n) is 2.40. The molecule has 1 aliphatic carbocycles. The molecule has 0 aromatic rings. The summed E-state index contributed by atoms with van der Waals surface area (Å²) >= 11 is 0. The summed E-state index contributed by atoms with van der Waals surface area (Å²) < 4.78 is 0. The van der Waals surface area contributed by atoms with Crippen LogP contribution in [-0.4, -0.2) is 18.5 Å². The number of amides is 1. The summed E-state index contributed by atoms with van der Waals surface area (Å²) in [7, 11) is 1.93. The Hall–Kier alpha value is -0.570. The average molecular weight is 184 g/mol. The number of carbonyl (C=O) groups is 1. The highest BCUT2D eigenvalue weighted by Gasteiger charge is 2.38. The monoisotopic (exact) mass is 184 g/mol. The van der Waals surface area contributed by atoms with E-state index in [1.54, 1.807) is 0 Å². The van der Waals surface area contributed by atoms with Gasteiger partial charge in [0.1, 0.15) is 0 Å². The van der Waals surface area contributed by atoms with E-state index in [1.807, 2.05) is 7.05 Å². The molecule has 13 heavy (non-hydrogen) atoms. The van der Waals surface area contributed by atoms with Gasteiger partial charge in [0, 0.05) is 12.0 Å². The van der Waals surface area contributed by atoms with Crippen molar-refractivity contribution in [1.29, 1.82) is 0 Å². The number of rotatable bonds is 4. The zero-order chi connectivity index (χ0) is 9.90. The number of hydrogen-bond acceptors (Lipinski definition) is 2. The van der Waals surface area contributed by atoms with Crippen LogP contribution in [-0.2, 0) is 4.79 Å². The van der Waals surface area contributed by atoms with Gasteiger partial charge in [-0.1, -0.05) is 13.3 Å². The molecule has 1 saturated carbocycles. The molecule has 76 valence electrons. The maximum atomic E-state index is 10.9. The topological polar surface area (TPSA) is 55.1 Å². The van der Waals surface area contributed by atoms with Gasteiger partial charge in [0.15, 0.2) is 0 Å². The predicted octanol–water partition coefficient (Wildman–Crippen LogP) is 1.03. The summed E-state index contributed by atoms with van der Waals surface area (Å²) in [6.07, 6.45) is 5.11. The molecule has 3 heteroatoms. The summed E-state index contributed by atoms with van der Waals surface area (Å²) in [6, 6.07) is 0. The van der Waals surface area contributed by atoms with E-state index >= 15 is 0 Å². The van der Waals surface area contributed by atoms with Gasteiger partial charge >= 0.3 is 0 Å². The van der Waals surface area contributed by atoms with Crippen molar-refractivity contribution in [3.8, 4) is 0 Å². The first-order valence-corrected chi connectivity index (χ1v) is 5.09. The molecule has 0 radical (unpaired) electrons. The molecule has 1 rings (SSSR count). The van der Waals surface area contributed by atoms with Crippen LogP contribution in [0.5, 0.6) is 0 Å². The Morgan fingerprint density at radius 1 is 1.69 bits per heavy atom. The molecule has 1 fully saturated rings. The molecule has 3 nitrogen and oxygen atoms in total. The number of primary amides is 1. The summed E-state index contributed by atoms with van der Waals surface area (Å²) in [4.78, 5) is 10.9. The quantitative estimate of drug-likeness (QED) is 0.685. The molecule has 0 saturated heterocycles. The van der Waals surface area contributed by atoms with Crippen LogP contribution in [0.4, 0.5) is 0 Å². The van der Waals surface area contributed by atoms with E-state index in [9.17, 15) is 4.79 Å². The lowest BCUT2D eigenvalue weighted by Gasteiger charge is -2.27. The maximum Gasteiger partial charge on any atom is 0.219 e. The Balaban J connectivity index is 2.57. The first-order valence-electron chi connectivity index (χ1n) is 5.09. The van der Waals surface area contributed by atoms with Gasteiger partial charge in [0.05, 0.1) is 0 Å². The highest BCUT2D eigenvalue weighted by atomic mass is 16.1. The zero-order valence-electron chi connectivity index (χ0n) is 8.60. The minimum atomic E-state index is -0.189. The molecule has 0 aromatic carbocycles. The second-order valence-electron chi connectivity index (χ2n) is 4.19. The van der Waals surface area contributed by atoms with Gasteiger partial charge in [-0.05, 0) is 32.2 Å². The molecule has 2 unspecified atom stereocenters. The molecular weight excluding hydrogens is 164 g/mol. The van der Waals surface area contributed by atoms with Crippen LogP contribution in [0.2, 0.25) is 0 Å². The van der Waals surface area contributed by atoms with Gasteiger partial charge in [0.2, 0.25) is 5.91 Å². The summed E-state index contributed by atoms with van der Waals surface area (Å²) in [5.41, 5.74) is 5.25. The van der Waals surface area contributed by atoms with Crippen LogP contribution in [0.15, 0.2) is 0 Å². The van der Waals surface area contributed by atoms with Crippen molar-refractivity contribution >= 4 is 5.91 Å². The van der Waals surface area contributed by atoms with Crippen molar-refractivity contribution in [2.45, 2.75) is 44.6 Å². The lowest BCUT2D eigenvalue weighted by Crippen LogP contribution is -2.43. The van der Waals surface area contributed by atoms with E-state index in [2.05, 4.69) is 12.2 Å². The van der Waals surface area contributed by atoms with E-state index in [0.717, 1.165) is 18.8 Å². The van der Waals surface area contributed by atoms with Crippen molar-refractivity contribution in [3.63, 3.8) is 0 Å².